The molecule has 0 aliphatic rings. The van der Waals surface area contributed by atoms with Gasteiger partial charge in [0.2, 0.25) is 0 Å². The van der Waals surface area contributed by atoms with Crippen LogP contribution < -0.4 is 5.32 Å². The molecule has 0 aliphatic carbocycles. The summed E-state index contributed by atoms with van der Waals surface area (Å²) in [6.07, 6.45) is 1.83. The molecule has 1 heterocycles. The minimum atomic E-state index is -0.489. The van der Waals surface area contributed by atoms with E-state index in [1.165, 1.54) is 6.07 Å². The minimum Gasteiger partial charge on any atom is -0.348 e. The van der Waals surface area contributed by atoms with Crippen LogP contribution in [-0.4, -0.2) is 20.6 Å². The van der Waals surface area contributed by atoms with Crippen LogP contribution in [0.1, 0.15) is 27.2 Å². The summed E-state index contributed by atoms with van der Waals surface area (Å²) < 4.78 is 1.67. The van der Waals surface area contributed by atoms with Crippen LogP contribution in [0.15, 0.2) is 24.4 Å². The van der Waals surface area contributed by atoms with E-state index in [4.69, 9.17) is 0 Å². The van der Waals surface area contributed by atoms with E-state index in [-0.39, 0.29) is 17.2 Å². The van der Waals surface area contributed by atoms with E-state index < -0.39 is 4.92 Å². The first kappa shape index (κ1) is 14.7. The lowest BCUT2D eigenvalue weighted by atomic mass is 10.1. The summed E-state index contributed by atoms with van der Waals surface area (Å²) in [5.41, 5.74) is 2.49. The summed E-state index contributed by atoms with van der Waals surface area (Å²) in [6, 6.07) is 4.44. The number of nitro groups is 1. The van der Waals surface area contributed by atoms with Crippen molar-refractivity contribution in [3.05, 3.63) is 56.9 Å². The zero-order chi connectivity index (χ0) is 15.6. The standard InChI is InChI=1S/C14H16N4O3/c1-9-4-5-11(6-13(9)18(20)21)14(19)15-7-12-8-17(3)16-10(12)2/h4-6,8H,7H2,1-3H3,(H,15,19). The molecule has 0 aliphatic heterocycles. The fourth-order valence-corrected chi connectivity index (χ4v) is 2.05. The molecule has 1 aromatic heterocycles. The SMILES string of the molecule is Cc1ccc(C(=O)NCc2cn(C)nc2C)cc1[N+](=O)[O-]. The highest BCUT2D eigenvalue weighted by Gasteiger charge is 2.15. The Morgan fingerprint density at radius 3 is 2.71 bits per heavy atom. The summed E-state index contributed by atoms with van der Waals surface area (Å²) in [5, 5.41) is 17.8. The first-order valence-corrected chi connectivity index (χ1v) is 6.41. The van der Waals surface area contributed by atoms with Crippen molar-refractivity contribution in [1.82, 2.24) is 15.1 Å². The lowest BCUT2D eigenvalue weighted by Gasteiger charge is -2.05. The molecule has 0 atom stereocenters. The van der Waals surface area contributed by atoms with Crippen LogP contribution in [-0.2, 0) is 13.6 Å². The second-order valence-electron chi connectivity index (χ2n) is 4.85. The number of nitro benzene ring substituents is 1. The molecule has 7 nitrogen and oxygen atoms in total. The molecule has 0 saturated carbocycles. The van der Waals surface area contributed by atoms with Gasteiger partial charge in [0.25, 0.3) is 11.6 Å². The number of carbonyl (C=O) groups is 1. The Hall–Kier alpha value is -2.70. The zero-order valence-electron chi connectivity index (χ0n) is 12.1. The zero-order valence-corrected chi connectivity index (χ0v) is 12.1. The van der Waals surface area contributed by atoms with Crippen LogP contribution in [0.4, 0.5) is 5.69 Å². The van der Waals surface area contributed by atoms with Crippen molar-refractivity contribution >= 4 is 11.6 Å². The summed E-state index contributed by atoms with van der Waals surface area (Å²) in [6.45, 7) is 3.83. The van der Waals surface area contributed by atoms with Crippen molar-refractivity contribution in [1.29, 1.82) is 0 Å². The fraction of sp³-hybridized carbons (Fsp3) is 0.286. The van der Waals surface area contributed by atoms with Gasteiger partial charge in [0, 0.05) is 42.5 Å². The number of amides is 1. The maximum atomic E-state index is 12.1. The first-order chi connectivity index (χ1) is 9.88. The Kier molecular flexibility index (Phi) is 4.02. The number of aromatic nitrogens is 2. The number of nitrogens with zero attached hydrogens (tertiary/aromatic N) is 3. The molecule has 1 amide bonds. The molecule has 1 N–H and O–H groups in total. The van der Waals surface area contributed by atoms with Gasteiger partial charge in [-0.25, -0.2) is 0 Å². The van der Waals surface area contributed by atoms with Gasteiger partial charge in [0.05, 0.1) is 10.6 Å². The van der Waals surface area contributed by atoms with Gasteiger partial charge in [-0.2, -0.15) is 5.10 Å². The summed E-state index contributed by atoms with van der Waals surface area (Å²) in [5.74, 6) is -0.346. The molecule has 2 aromatic rings. The second-order valence-corrected chi connectivity index (χ2v) is 4.85. The molecular weight excluding hydrogens is 272 g/mol. The summed E-state index contributed by atoms with van der Waals surface area (Å²) in [7, 11) is 1.81. The van der Waals surface area contributed by atoms with Crippen molar-refractivity contribution in [2.24, 2.45) is 7.05 Å². The van der Waals surface area contributed by atoms with E-state index in [0.29, 0.717) is 12.1 Å². The molecule has 1 aromatic carbocycles. The van der Waals surface area contributed by atoms with Gasteiger partial charge in [-0.1, -0.05) is 6.07 Å². The molecule has 21 heavy (non-hydrogen) atoms. The lowest BCUT2D eigenvalue weighted by Crippen LogP contribution is -2.23. The fourth-order valence-electron chi connectivity index (χ4n) is 2.05. The Morgan fingerprint density at radius 2 is 2.14 bits per heavy atom. The van der Waals surface area contributed by atoms with E-state index in [2.05, 4.69) is 10.4 Å². The van der Waals surface area contributed by atoms with Crippen LogP contribution in [0.3, 0.4) is 0 Å². The first-order valence-electron chi connectivity index (χ1n) is 6.41. The third kappa shape index (κ3) is 3.25. The lowest BCUT2D eigenvalue weighted by molar-refractivity contribution is -0.385. The Labute approximate surface area is 121 Å². The van der Waals surface area contributed by atoms with E-state index in [0.717, 1.165) is 11.3 Å². The number of carbonyl (C=O) groups excluding carboxylic acids is 1. The molecule has 0 unspecified atom stereocenters. The number of aryl methyl sites for hydroxylation is 3. The van der Waals surface area contributed by atoms with Crippen molar-refractivity contribution in [2.75, 3.05) is 0 Å². The molecular formula is C14H16N4O3. The minimum absolute atomic E-state index is 0.0554. The molecule has 0 radical (unpaired) electrons. The van der Waals surface area contributed by atoms with Crippen molar-refractivity contribution in [3.8, 4) is 0 Å². The van der Waals surface area contributed by atoms with Gasteiger partial charge in [0.1, 0.15) is 0 Å². The maximum absolute atomic E-state index is 12.1. The molecule has 0 saturated heterocycles. The molecule has 7 heteroatoms. The summed E-state index contributed by atoms with van der Waals surface area (Å²) in [4.78, 5) is 22.5. The van der Waals surface area contributed by atoms with E-state index in [9.17, 15) is 14.9 Å². The number of hydrogen-bond donors (Lipinski definition) is 1. The van der Waals surface area contributed by atoms with Gasteiger partial charge in [-0.3, -0.25) is 19.6 Å². The maximum Gasteiger partial charge on any atom is 0.273 e. The van der Waals surface area contributed by atoms with Crippen molar-refractivity contribution in [2.45, 2.75) is 20.4 Å². The Balaban J connectivity index is 2.12. The third-order valence-electron chi connectivity index (χ3n) is 3.22. The van der Waals surface area contributed by atoms with Crippen LogP contribution in [0.5, 0.6) is 0 Å². The van der Waals surface area contributed by atoms with Gasteiger partial charge in [0.15, 0.2) is 0 Å². The Morgan fingerprint density at radius 1 is 1.43 bits per heavy atom. The highest BCUT2D eigenvalue weighted by molar-refractivity contribution is 5.94. The van der Waals surface area contributed by atoms with E-state index in [1.807, 2.05) is 20.2 Å². The average Bonchev–Trinajstić information content (AvgIpc) is 2.74. The molecule has 0 fully saturated rings. The number of benzene rings is 1. The topological polar surface area (TPSA) is 90.1 Å². The van der Waals surface area contributed by atoms with Crippen LogP contribution in [0.2, 0.25) is 0 Å². The second kappa shape index (κ2) is 5.74. The molecule has 110 valence electrons. The van der Waals surface area contributed by atoms with E-state index >= 15 is 0 Å². The predicted molar refractivity (Wildman–Crippen MR) is 76.9 cm³/mol. The summed E-state index contributed by atoms with van der Waals surface area (Å²) >= 11 is 0. The van der Waals surface area contributed by atoms with Crippen molar-refractivity contribution in [3.63, 3.8) is 0 Å². The highest BCUT2D eigenvalue weighted by Crippen LogP contribution is 2.19. The van der Waals surface area contributed by atoms with Gasteiger partial charge in [-0.05, 0) is 19.9 Å². The van der Waals surface area contributed by atoms with E-state index in [1.54, 1.807) is 23.7 Å². The average molecular weight is 288 g/mol. The normalized spacial score (nSPS) is 10.4. The highest BCUT2D eigenvalue weighted by atomic mass is 16.6. The quantitative estimate of drug-likeness (QED) is 0.687. The Bertz CT molecular complexity index is 706. The number of nitrogens with one attached hydrogen (secondary N) is 1. The third-order valence-corrected chi connectivity index (χ3v) is 3.22. The molecule has 0 spiro atoms. The van der Waals surface area contributed by atoms with Crippen LogP contribution in [0, 0.1) is 24.0 Å². The van der Waals surface area contributed by atoms with Crippen molar-refractivity contribution < 1.29 is 9.72 Å². The van der Waals surface area contributed by atoms with Crippen LogP contribution in [0.25, 0.3) is 0 Å². The van der Waals surface area contributed by atoms with Gasteiger partial charge >= 0.3 is 0 Å². The smallest absolute Gasteiger partial charge is 0.273 e. The predicted octanol–water partition coefficient (Wildman–Crippen LogP) is 1.88. The number of rotatable bonds is 4. The molecule has 0 bridgehead atoms. The monoisotopic (exact) mass is 288 g/mol. The van der Waals surface area contributed by atoms with Gasteiger partial charge in [-0.15, -0.1) is 0 Å². The van der Waals surface area contributed by atoms with Gasteiger partial charge < -0.3 is 5.32 Å². The molecule has 2 rings (SSSR count). The largest absolute Gasteiger partial charge is 0.348 e. The van der Waals surface area contributed by atoms with Crippen LogP contribution >= 0.6 is 0 Å². The number of hydrogen-bond acceptors (Lipinski definition) is 4.